The molecule has 0 aromatic heterocycles. The van der Waals surface area contributed by atoms with Crippen LogP contribution >= 0.6 is 34.8 Å². The van der Waals surface area contributed by atoms with Gasteiger partial charge in [0.05, 0.1) is 6.10 Å². The van der Waals surface area contributed by atoms with Crippen LogP contribution in [-0.2, 0) is 0 Å². The van der Waals surface area contributed by atoms with E-state index in [0.717, 1.165) is 65.9 Å². The number of rotatable bonds is 9. The normalized spacial score (nSPS) is 12.9. The van der Waals surface area contributed by atoms with Gasteiger partial charge in [0.2, 0.25) is 0 Å². The summed E-state index contributed by atoms with van der Waals surface area (Å²) in [6, 6.07) is 11.4. The zero-order valence-electron chi connectivity index (χ0n) is 17.0. The third-order valence-electron chi connectivity index (χ3n) is 5.42. The van der Waals surface area contributed by atoms with Crippen molar-refractivity contribution in [1.82, 2.24) is 4.90 Å². The lowest BCUT2D eigenvalue weighted by Crippen LogP contribution is -2.30. The number of unbranched alkanes of at least 4 members (excludes halogenated alkanes) is 2. The molecule has 1 N–H and O–H groups in total. The van der Waals surface area contributed by atoms with Gasteiger partial charge in [-0.05, 0) is 78.0 Å². The number of benzene rings is 3. The highest BCUT2D eigenvalue weighted by molar-refractivity contribution is 6.40. The Bertz CT molecular complexity index is 981. The lowest BCUT2D eigenvalue weighted by atomic mass is 9.94. The summed E-state index contributed by atoms with van der Waals surface area (Å²) in [5.41, 5.74) is 0.881. The van der Waals surface area contributed by atoms with Crippen molar-refractivity contribution in [2.75, 3.05) is 19.6 Å². The van der Waals surface area contributed by atoms with Crippen LogP contribution in [0.2, 0.25) is 15.1 Å². The SMILES string of the molecule is CCCCN(CCCC)CC(O)c1cc2c(Cl)cc(Cl)cc2c2cc(Cl)ccc12. The Labute approximate surface area is 188 Å². The quantitative estimate of drug-likeness (QED) is 0.334. The van der Waals surface area contributed by atoms with Crippen LogP contribution in [0.5, 0.6) is 0 Å². The highest BCUT2D eigenvalue weighted by Gasteiger charge is 2.19. The van der Waals surface area contributed by atoms with Gasteiger partial charge in [0.15, 0.2) is 0 Å². The third kappa shape index (κ3) is 5.37. The number of hydrogen-bond acceptors (Lipinski definition) is 2. The Morgan fingerprint density at radius 1 is 0.793 bits per heavy atom. The summed E-state index contributed by atoms with van der Waals surface area (Å²) in [5.74, 6) is 0. The van der Waals surface area contributed by atoms with Crippen molar-refractivity contribution in [2.45, 2.75) is 45.6 Å². The average Bonchev–Trinajstić information content (AvgIpc) is 2.69. The molecular weight excluding hydrogens is 425 g/mol. The van der Waals surface area contributed by atoms with Crippen molar-refractivity contribution in [3.63, 3.8) is 0 Å². The number of aliphatic hydroxyl groups excluding tert-OH is 1. The van der Waals surface area contributed by atoms with Gasteiger partial charge in [0.25, 0.3) is 0 Å². The Kier molecular flexibility index (Phi) is 8.07. The first-order valence-electron chi connectivity index (χ1n) is 10.4. The number of hydrogen-bond donors (Lipinski definition) is 1. The molecule has 0 heterocycles. The maximum absolute atomic E-state index is 11.2. The van der Waals surface area contributed by atoms with E-state index in [-0.39, 0.29) is 0 Å². The van der Waals surface area contributed by atoms with E-state index in [4.69, 9.17) is 34.8 Å². The van der Waals surface area contributed by atoms with Gasteiger partial charge in [-0.1, -0.05) is 67.6 Å². The largest absolute Gasteiger partial charge is 0.387 e. The van der Waals surface area contributed by atoms with Crippen molar-refractivity contribution >= 4 is 56.3 Å². The molecule has 29 heavy (non-hydrogen) atoms. The Morgan fingerprint density at radius 2 is 1.41 bits per heavy atom. The van der Waals surface area contributed by atoms with Crippen molar-refractivity contribution in [3.05, 3.63) is 57.0 Å². The molecule has 0 aliphatic rings. The standard InChI is InChI=1S/C24H28Cl3NO/c1-3-5-9-28(10-6-4-2)15-24(29)22-14-21-20(12-17(26)13-23(21)27)19-11-16(25)7-8-18(19)22/h7-8,11-14,24,29H,3-6,9-10,15H2,1-2H3. The first-order chi connectivity index (χ1) is 13.9. The molecule has 2 nitrogen and oxygen atoms in total. The average molecular weight is 453 g/mol. The molecule has 156 valence electrons. The van der Waals surface area contributed by atoms with Gasteiger partial charge >= 0.3 is 0 Å². The fraction of sp³-hybridized carbons (Fsp3) is 0.417. The minimum absolute atomic E-state index is 0.580. The van der Waals surface area contributed by atoms with Crippen LogP contribution in [0.15, 0.2) is 36.4 Å². The molecule has 0 bridgehead atoms. The molecule has 3 rings (SSSR count). The molecule has 3 aromatic rings. The van der Waals surface area contributed by atoms with Crippen LogP contribution in [0.4, 0.5) is 0 Å². The maximum Gasteiger partial charge on any atom is 0.0923 e. The molecule has 0 saturated carbocycles. The summed E-state index contributed by atoms with van der Waals surface area (Å²) < 4.78 is 0. The summed E-state index contributed by atoms with van der Waals surface area (Å²) in [7, 11) is 0. The van der Waals surface area contributed by atoms with E-state index in [1.165, 1.54) is 0 Å². The predicted molar refractivity (Wildman–Crippen MR) is 128 cm³/mol. The first kappa shape index (κ1) is 22.7. The molecular formula is C24H28Cl3NO. The van der Waals surface area contributed by atoms with Crippen LogP contribution in [0.3, 0.4) is 0 Å². The fourth-order valence-corrected chi connectivity index (χ4v) is 4.58. The van der Waals surface area contributed by atoms with Gasteiger partial charge in [-0.15, -0.1) is 0 Å². The zero-order valence-corrected chi connectivity index (χ0v) is 19.3. The van der Waals surface area contributed by atoms with Crippen LogP contribution in [-0.4, -0.2) is 29.6 Å². The summed E-state index contributed by atoms with van der Waals surface area (Å²) >= 11 is 19.1. The molecule has 5 heteroatoms. The van der Waals surface area contributed by atoms with Gasteiger partial charge in [-0.25, -0.2) is 0 Å². The predicted octanol–water partition coefficient (Wildman–Crippen LogP) is 7.89. The van der Waals surface area contributed by atoms with E-state index in [0.29, 0.717) is 21.6 Å². The first-order valence-corrected chi connectivity index (χ1v) is 11.5. The molecule has 0 saturated heterocycles. The van der Waals surface area contributed by atoms with Gasteiger partial charge < -0.3 is 10.0 Å². The Morgan fingerprint density at radius 3 is 2.07 bits per heavy atom. The van der Waals surface area contributed by atoms with Gasteiger partial charge in [-0.3, -0.25) is 0 Å². The molecule has 1 atom stereocenters. The summed E-state index contributed by atoms with van der Waals surface area (Å²) in [6.45, 7) is 7.00. The third-order valence-corrected chi connectivity index (χ3v) is 6.19. The van der Waals surface area contributed by atoms with E-state index < -0.39 is 6.10 Å². The number of nitrogens with zero attached hydrogens (tertiary/aromatic N) is 1. The summed E-state index contributed by atoms with van der Waals surface area (Å²) in [5, 5.41) is 16.8. The zero-order chi connectivity index (χ0) is 21.0. The van der Waals surface area contributed by atoms with E-state index in [9.17, 15) is 5.11 Å². The summed E-state index contributed by atoms with van der Waals surface area (Å²) in [4.78, 5) is 2.37. The molecule has 0 radical (unpaired) electrons. The smallest absolute Gasteiger partial charge is 0.0923 e. The topological polar surface area (TPSA) is 23.5 Å². The molecule has 0 aliphatic heterocycles. The number of aliphatic hydroxyl groups is 1. The fourth-order valence-electron chi connectivity index (χ4n) is 3.86. The van der Waals surface area contributed by atoms with Crippen LogP contribution in [0, 0.1) is 0 Å². The minimum atomic E-state index is -0.608. The summed E-state index contributed by atoms with van der Waals surface area (Å²) in [6.07, 6.45) is 3.95. The second kappa shape index (κ2) is 10.3. The Balaban J connectivity index is 2.07. The van der Waals surface area contributed by atoms with Crippen LogP contribution < -0.4 is 0 Å². The molecule has 0 fully saturated rings. The van der Waals surface area contributed by atoms with Crippen LogP contribution in [0.1, 0.15) is 51.2 Å². The number of halogens is 3. The van der Waals surface area contributed by atoms with E-state index >= 15 is 0 Å². The van der Waals surface area contributed by atoms with Gasteiger partial charge in [0, 0.05) is 27.0 Å². The molecule has 0 spiro atoms. The lowest BCUT2D eigenvalue weighted by Gasteiger charge is -2.26. The molecule has 0 amide bonds. The van der Waals surface area contributed by atoms with Crippen molar-refractivity contribution in [1.29, 1.82) is 0 Å². The van der Waals surface area contributed by atoms with Crippen molar-refractivity contribution < 1.29 is 5.11 Å². The van der Waals surface area contributed by atoms with E-state index in [1.807, 2.05) is 30.3 Å². The minimum Gasteiger partial charge on any atom is -0.387 e. The Hall–Kier alpha value is -1.03. The second-order valence-corrected chi connectivity index (χ2v) is 8.94. The van der Waals surface area contributed by atoms with Gasteiger partial charge in [-0.2, -0.15) is 0 Å². The van der Waals surface area contributed by atoms with Crippen LogP contribution in [0.25, 0.3) is 21.5 Å². The lowest BCUT2D eigenvalue weighted by molar-refractivity contribution is 0.112. The van der Waals surface area contributed by atoms with E-state index in [2.05, 4.69) is 18.7 Å². The van der Waals surface area contributed by atoms with Crippen molar-refractivity contribution in [2.24, 2.45) is 0 Å². The number of fused-ring (bicyclic) bond motifs is 3. The molecule has 0 aliphatic carbocycles. The molecule has 1 unspecified atom stereocenters. The monoisotopic (exact) mass is 451 g/mol. The van der Waals surface area contributed by atoms with Crippen molar-refractivity contribution in [3.8, 4) is 0 Å². The molecule has 3 aromatic carbocycles. The highest BCUT2D eigenvalue weighted by Crippen LogP contribution is 2.38. The highest BCUT2D eigenvalue weighted by atomic mass is 35.5. The van der Waals surface area contributed by atoms with Gasteiger partial charge in [0.1, 0.15) is 0 Å². The second-order valence-electron chi connectivity index (χ2n) is 7.66. The van der Waals surface area contributed by atoms with E-state index in [1.54, 1.807) is 6.07 Å². The maximum atomic E-state index is 11.2.